The number of sulfone groups is 2. The van der Waals surface area contributed by atoms with Gasteiger partial charge in [0.2, 0.25) is 0 Å². The summed E-state index contributed by atoms with van der Waals surface area (Å²) >= 11 is 0. The zero-order chi connectivity index (χ0) is 14.0. The van der Waals surface area contributed by atoms with Crippen molar-refractivity contribution in [2.24, 2.45) is 0 Å². The van der Waals surface area contributed by atoms with Gasteiger partial charge in [0.15, 0.2) is 9.84 Å². The average molecular weight is 293 g/mol. The highest BCUT2D eigenvalue weighted by Gasteiger charge is 2.20. The minimum Gasteiger partial charge on any atom is -0.497 e. The predicted molar refractivity (Wildman–Crippen MR) is 69.2 cm³/mol. The van der Waals surface area contributed by atoms with Gasteiger partial charge in [-0.3, -0.25) is 0 Å². The van der Waals surface area contributed by atoms with E-state index in [0.29, 0.717) is 5.75 Å². The van der Waals surface area contributed by atoms with Crippen LogP contribution in [0.15, 0.2) is 23.1 Å². The van der Waals surface area contributed by atoms with Crippen LogP contribution in [-0.2, 0) is 19.7 Å². The van der Waals surface area contributed by atoms with E-state index in [1.54, 1.807) is 0 Å². The molecule has 0 heterocycles. The maximum absolute atomic E-state index is 12.0. The summed E-state index contributed by atoms with van der Waals surface area (Å²) in [5.74, 6) is -0.586. The molecular weight excluding hydrogens is 278 g/mol. The van der Waals surface area contributed by atoms with E-state index in [1.165, 1.54) is 25.3 Å². The summed E-state index contributed by atoms with van der Waals surface area (Å²) in [4.78, 5) is -0.106. The molecule has 0 saturated heterocycles. The maximum Gasteiger partial charge on any atom is 0.181 e. The van der Waals surface area contributed by atoms with Crippen molar-refractivity contribution in [3.63, 3.8) is 0 Å². The molecule has 0 radical (unpaired) electrons. The summed E-state index contributed by atoms with van der Waals surface area (Å²) < 4.78 is 50.8. The van der Waals surface area contributed by atoms with E-state index in [9.17, 15) is 16.8 Å². The van der Waals surface area contributed by atoms with Crippen LogP contribution < -0.4 is 10.5 Å². The average Bonchev–Trinajstić information content (AvgIpc) is 2.26. The molecule has 8 heteroatoms. The van der Waals surface area contributed by atoms with Crippen molar-refractivity contribution in [3.8, 4) is 5.75 Å². The molecule has 0 aromatic heterocycles. The second-order valence-electron chi connectivity index (χ2n) is 3.85. The summed E-state index contributed by atoms with van der Waals surface area (Å²) in [6.45, 7) is 0. The van der Waals surface area contributed by atoms with E-state index >= 15 is 0 Å². The number of methoxy groups -OCH3 is 1. The normalized spacial score (nSPS) is 12.3. The fourth-order valence-corrected chi connectivity index (χ4v) is 4.31. The van der Waals surface area contributed by atoms with Crippen LogP contribution in [0.3, 0.4) is 0 Å². The van der Waals surface area contributed by atoms with Gasteiger partial charge in [-0.25, -0.2) is 16.8 Å². The highest BCUT2D eigenvalue weighted by atomic mass is 32.2. The van der Waals surface area contributed by atoms with Crippen LogP contribution in [0.25, 0.3) is 0 Å². The van der Waals surface area contributed by atoms with Gasteiger partial charge in [0, 0.05) is 12.3 Å². The van der Waals surface area contributed by atoms with Crippen molar-refractivity contribution < 1.29 is 21.6 Å². The molecular formula is C10H15NO5S2. The largest absolute Gasteiger partial charge is 0.497 e. The standard InChI is InChI=1S/C10H15NO5S2/c1-16-8-3-4-9(11)10(7-8)18(14,15)6-5-17(2,12)13/h3-4,7H,5-6,11H2,1-2H3. The Labute approximate surface area is 107 Å². The SMILES string of the molecule is COc1ccc(N)c(S(=O)(=O)CCS(C)(=O)=O)c1. The topological polar surface area (TPSA) is 104 Å². The lowest BCUT2D eigenvalue weighted by Crippen LogP contribution is -2.17. The van der Waals surface area contributed by atoms with E-state index in [-0.39, 0.29) is 10.6 Å². The number of rotatable bonds is 5. The van der Waals surface area contributed by atoms with Gasteiger partial charge >= 0.3 is 0 Å². The van der Waals surface area contributed by atoms with E-state index in [1.807, 2.05) is 0 Å². The molecule has 6 nitrogen and oxygen atoms in total. The van der Waals surface area contributed by atoms with Gasteiger partial charge in [-0.2, -0.15) is 0 Å². The van der Waals surface area contributed by atoms with Crippen LogP contribution in [0.2, 0.25) is 0 Å². The Balaban J connectivity index is 3.12. The Hall–Kier alpha value is -1.28. The third kappa shape index (κ3) is 3.88. The predicted octanol–water partition coefficient (Wildman–Crippen LogP) is 0.0957. The van der Waals surface area contributed by atoms with Crippen molar-refractivity contribution in [1.29, 1.82) is 0 Å². The highest BCUT2D eigenvalue weighted by molar-refractivity contribution is 7.94. The molecule has 0 unspecified atom stereocenters. The molecule has 0 spiro atoms. The second kappa shape index (κ2) is 5.15. The van der Waals surface area contributed by atoms with Crippen LogP contribution >= 0.6 is 0 Å². The number of benzene rings is 1. The smallest absolute Gasteiger partial charge is 0.181 e. The van der Waals surface area contributed by atoms with E-state index in [4.69, 9.17) is 10.5 Å². The Morgan fingerprint density at radius 1 is 1.17 bits per heavy atom. The lowest BCUT2D eigenvalue weighted by molar-refractivity contribution is 0.413. The molecule has 1 aromatic carbocycles. The number of nitrogen functional groups attached to an aromatic ring is 1. The molecule has 0 amide bonds. The molecule has 0 atom stereocenters. The molecule has 2 N–H and O–H groups in total. The molecule has 0 bridgehead atoms. The molecule has 1 aromatic rings. The van der Waals surface area contributed by atoms with Crippen LogP contribution in [0.5, 0.6) is 5.75 Å². The zero-order valence-electron chi connectivity index (χ0n) is 10.1. The Kier molecular flexibility index (Phi) is 4.23. The van der Waals surface area contributed by atoms with Gasteiger partial charge in [-0.1, -0.05) is 0 Å². The quantitative estimate of drug-likeness (QED) is 0.772. The Morgan fingerprint density at radius 3 is 2.28 bits per heavy atom. The zero-order valence-corrected chi connectivity index (χ0v) is 11.7. The maximum atomic E-state index is 12.0. The lowest BCUT2D eigenvalue weighted by atomic mass is 10.3. The number of hydrogen-bond acceptors (Lipinski definition) is 6. The van der Waals surface area contributed by atoms with Crippen molar-refractivity contribution in [1.82, 2.24) is 0 Å². The molecule has 0 aliphatic carbocycles. The van der Waals surface area contributed by atoms with Crippen LogP contribution in [-0.4, -0.2) is 41.7 Å². The molecule has 102 valence electrons. The summed E-state index contributed by atoms with van der Waals surface area (Å²) in [5.41, 5.74) is 5.66. The molecule has 18 heavy (non-hydrogen) atoms. The van der Waals surface area contributed by atoms with Gasteiger partial charge in [0.25, 0.3) is 0 Å². The fourth-order valence-electron chi connectivity index (χ4n) is 1.28. The van der Waals surface area contributed by atoms with Gasteiger partial charge < -0.3 is 10.5 Å². The second-order valence-corrected chi connectivity index (χ2v) is 8.19. The monoisotopic (exact) mass is 293 g/mol. The minimum absolute atomic E-state index is 0.0734. The van der Waals surface area contributed by atoms with Crippen molar-refractivity contribution >= 4 is 25.4 Å². The molecule has 0 fully saturated rings. The van der Waals surface area contributed by atoms with Crippen molar-refractivity contribution in [2.75, 3.05) is 30.6 Å². The van der Waals surface area contributed by atoms with Gasteiger partial charge in [-0.05, 0) is 12.1 Å². The Bertz CT molecular complexity index is 634. The minimum atomic E-state index is -3.74. The first-order chi connectivity index (χ1) is 8.15. The third-order valence-corrected chi connectivity index (χ3v) is 5.25. The lowest BCUT2D eigenvalue weighted by Gasteiger charge is -2.09. The summed E-state index contributed by atoms with van der Waals surface area (Å²) in [6.07, 6.45) is 0.984. The van der Waals surface area contributed by atoms with Crippen molar-refractivity contribution in [3.05, 3.63) is 18.2 Å². The molecule has 1 rings (SSSR count). The van der Waals surface area contributed by atoms with Crippen LogP contribution in [0, 0.1) is 0 Å². The van der Waals surface area contributed by atoms with E-state index in [2.05, 4.69) is 0 Å². The highest BCUT2D eigenvalue weighted by Crippen LogP contribution is 2.25. The molecule has 0 aliphatic rings. The summed E-state index contributed by atoms with van der Waals surface area (Å²) in [7, 11) is -5.68. The Morgan fingerprint density at radius 2 is 1.78 bits per heavy atom. The first-order valence-corrected chi connectivity index (χ1v) is 8.71. The van der Waals surface area contributed by atoms with Crippen molar-refractivity contribution in [2.45, 2.75) is 4.90 Å². The molecule has 0 saturated carbocycles. The van der Waals surface area contributed by atoms with E-state index in [0.717, 1.165) is 6.26 Å². The summed E-state index contributed by atoms with van der Waals surface area (Å²) in [6, 6.07) is 4.23. The third-order valence-electron chi connectivity index (χ3n) is 2.28. The summed E-state index contributed by atoms with van der Waals surface area (Å²) in [5, 5.41) is 0. The van der Waals surface area contributed by atoms with Crippen LogP contribution in [0.1, 0.15) is 0 Å². The molecule has 0 aliphatic heterocycles. The van der Waals surface area contributed by atoms with E-state index < -0.39 is 31.2 Å². The van der Waals surface area contributed by atoms with Gasteiger partial charge in [0.05, 0.1) is 29.2 Å². The fraction of sp³-hybridized carbons (Fsp3) is 0.400. The van der Waals surface area contributed by atoms with Gasteiger partial charge in [0.1, 0.15) is 15.6 Å². The van der Waals surface area contributed by atoms with Gasteiger partial charge in [-0.15, -0.1) is 0 Å². The number of hydrogen-bond donors (Lipinski definition) is 1. The first kappa shape index (κ1) is 14.8. The number of anilines is 1. The number of ether oxygens (including phenoxy) is 1. The first-order valence-electron chi connectivity index (χ1n) is 5.00. The number of nitrogens with two attached hydrogens (primary N) is 1. The van der Waals surface area contributed by atoms with Crippen LogP contribution in [0.4, 0.5) is 5.69 Å².